The van der Waals surface area contributed by atoms with E-state index in [2.05, 4.69) is 16.0 Å². The number of nitrogens with zero attached hydrogens (tertiary/aromatic N) is 4. The molecule has 0 radical (unpaired) electrons. The zero-order valence-electron chi connectivity index (χ0n) is 48.8. The number of fused-ring (bicyclic) bond motifs is 1. The van der Waals surface area contributed by atoms with Crippen molar-refractivity contribution in [3.8, 4) is 5.75 Å². The lowest BCUT2D eigenvalue weighted by atomic mass is 9.91. The lowest BCUT2D eigenvalue weighted by Gasteiger charge is -2.36. The van der Waals surface area contributed by atoms with Gasteiger partial charge in [-0.15, -0.1) is 0 Å². The summed E-state index contributed by atoms with van der Waals surface area (Å²) in [5.74, 6) is -10.3. The molecule has 3 aliphatic rings. The van der Waals surface area contributed by atoms with Crippen molar-refractivity contribution < 1.29 is 72.4 Å². The molecule has 0 saturated carbocycles. The van der Waals surface area contributed by atoms with Crippen LogP contribution in [-0.4, -0.2) is 190 Å². The number of benzene rings is 1. The quantitative estimate of drug-likeness (QED) is 0.124. The van der Waals surface area contributed by atoms with E-state index in [1.807, 2.05) is 27.7 Å². The van der Waals surface area contributed by atoms with Gasteiger partial charge < -0.3 is 60.0 Å². The highest BCUT2D eigenvalue weighted by molar-refractivity contribution is 6.05. The Labute approximate surface area is 465 Å². The molecule has 3 aliphatic heterocycles. The maximum Gasteiger partial charge on any atom is 0.329 e. The molecule has 3 saturated heterocycles. The Bertz CT molecular complexity index is 2330. The summed E-state index contributed by atoms with van der Waals surface area (Å²) in [7, 11) is 4.29. The zero-order chi connectivity index (χ0) is 59.3. The van der Waals surface area contributed by atoms with Crippen molar-refractivity contribution in [3.63, 3.8) is 0 Å². The van der Waals surface area contributed by atoms with Crippen LogP contribution in [-0.2, 0) is 63.8 Å². The molecule has 1 aromatic rings. The molecule has 0 spiro atoms. The normalized spacial score (nSPS) is 27.7. The van der Waals surface area contributed by atoms with E-state index in [-0.39, 0.29) is 57.0 Å². The van der Waals surface area contributed by atoms with E-state index in [4.69, 9.17) is 14.2 Å². The number of carbonyl (C=O) groups excluding carboxylic acids is 10. The van der Waals surface area contributed by atoms with Crippen LogP contribution in [0.4, 0.5) is 0 Å². The number of ether oxygens (including phenoxy) is 3. The van der Waals surface area contributed by atoms with Gasteiger partial charge in [0, 0.05) is 33.6 Å². The van der Waals surface area contributed by atoms with E-state index in [9.17, 15) is 53.4 Å². The number of cyclic esters (lactones) is 2. The van der Waals surface area contributed by atoms with Gasteiger partial charge in [0.1, 0.15) is 54.2 Å². The van der Waals surface area contributed by atoms with Crippen molar-refractivity contribution in [1.82, 2.24) is 35.6 Å². The van der Waals surface area contributed by atoms with Crippen LogP contribution in [0.5, 0.6) is 5.75 Å². The molecule has 79 heavy (non-hydrogen) atoms. The molecule has 1 aromatic carbocycles. The number of likely N-dealkylation sites (N-methyl/N-ethyl adjacent to an activating group) is 2. The predicted molar refractivity (Wildman–Crippen MR) is 290 cm³/mol. The molecule has 4 rings (SSSR count). The highest BCUT2D eigenvalue weighted by atomic mass is 16.6. The molecule has 3 heterocycles. The van der Waals surface area contributed by atoms with Gasteiger partial charge in [-0.2, -0.15) is 0 Å². The number of nitrogens with one attached hydrogen (secondary N) is 3. The minimum atomic E-state index is -1.76. The third kappa shape index (κ3) is 16.9. The number of aliphatic hydroxyl groups excluding tert-OH is 2. The molecule has 3 fully saturated rings. The van der Waals surface area contributed by atoms with Crippen molar-refractivity contribution in [1.29, 1.82) is 0 Å². The second kappa shape index (κ2) is 29.3. The molecule has 22 heteroatoms. The van der Waals surface area contributed by atoms with Crippen molar-refractivity contribution in [2.45, 2.75) is 201 Å². The molecule has 442 valence electrons. The maximum absolute atomic E-state index is 15.0. The number of amides is 7. The average Bonchev–Trinajstić information content (AvgIpc) is 4.13. The second-order valence-corrected chi connectivity index (χ2v) is 23.0. The average molecular weight is 1110 g/mol. The number of methoxy groups -OCH3 is 1. The Morgan fingerprint density at radius 2 is 1.49 bits per heavy atom. The van der Waals surface area contributed by atoms with E-state index in [0.717, 1.165) is 0 Å². The first-order valence-corrected chi connectivity index (χ1v) is 28.0. The molecule has 5 N–H and O–H groups in total. The summed E-state index contributed by atoms with van der Waals surface area (Å²) >= 11 is 0. The summed E-state index contributed by atoms with van der Waals surface area (Å²) in [4.78, 5) is 149. The van der Waals surface area contributed by atoms with Gasteiger partial charge in [0.05, 0.1) is 31.6 Å². The van der Waals surface area contributed by atoms with Crippen LogP contribution >= 0.6 is 0 Å². The Hall–Kier alpha value is -6.16. The molecule has 0 aromatic heterocycles. The first-order valence-electron chi connectivity index (χ1n) is 28.0. The number of carbonyl (C=O) groups is 10. The number of Topliss-reactive ketones (excluding diaryl/α,β-unsaturated/α-hetero) is 1. The Kier molecular flexibility index (Phi) is 24.3. The Balaban J connectivity index is 1.89. The van der Waals surface area contributed by atoms with Crippen LogP contribution < -0.4 is 20.7 Å². The molecule has 13 atom stereocenters. The summed E-state index contributed by atoms with van der Waals surface area (Å²) in [5.41, 5.74) is 0.571. The number of hydrogen-bond acceptors (Lipinski definition) is 15. The van der Waals surface area contributed by atoms with Crippen molar-refractivity contribution in [2.24, 2.45) is 29.6 Å². The van der Waals surface area contributed by atoms with Gasteiger partial charge in [0.25, 0.3) is 5.91 Å². The highest BCUT2D eigenvalue weighted by Gasteiger charge is 2.46. The summed E-state index contributed by atoms with van der Waals surface area (Å²) < 4.78 is 17.2. The van der Waals surface area contributed by atoms with E-state index in [0.29, 0.717) is 30.6 Å². The van der Waals surface area contributed by atoms with Crippen LogP contribution in [0.1, 0.15) is 133 Å². The SMILES string of the molecule is CC[C@H](C)[C@H]1NC(=O)[C@@H](NC(=O)[C@@H](CC(C)C)N(C)C(=O)[C@@H]2CCCN2C(=O)[C@H](C)O)[C@@H](C)OC(=O)[C@H](Cc2ccc(OC)cc2)N(C)C(=O)[C@@H]2CCCN2C(=O)[C@H](CC(C)C)NC(=O)[C@@H](C)C(=O)[C@H](C(C)C)OC(=O)C[C@@H]1O. The van der Waals surface area contributed by atoms with E-state index in [1.54, 1.807) is 52.0 Å². The number of ketones is 1. The molecule has 0 bridgehead atoms. The first-order chi connectivity index (χ1) is 37.0. The lowest BCUT2D eigenvalue weighted by Crippen LogP contribution is -2.62. The van der Waals surface area contributed by atoms with Crippen LogP contribution in [0.15, 0.2) is 24.3 Å². The van der Waals surface area contributed by atoms with Gasteiger partial charge in [-0.3, -0.25) is 43.2 Å². The van der Waals surface area contributed by atoms with Crippen molar-refractivity contribution >= 4 is 59.1 Å². The number of hydrogen-bond donors (Lipinski definition) is 5. The second-order valence-electron chi connectivity index (χ2n) is 23.0. The van der Waals surface area contributed by atoms with Gasteiger partial charge >= 0.3 is 11.9 Å². The number of aliphatic hydroxyl groups is 2. The van der Waals surface area contributed by atoms with Crippen molar-refractivity contribution in [3.05, 3.63) is 29.8 Å². The van der Waals surface area contributed by atoms with E-state index < -0.39 is 150 Å². The fourth-order valence-corrected chi connectivity index (χ4v) is 10.5. The minimum absolute atomic E-state index is 0.0720. The molecular formula is C57H89N7O15. The number of esters is 2. The molecule has 22 nitrogen and oxygen atoms in total. The summed E-state index contributed by atoms with van der Waals surface area (Å²) in [6.45, 7) is 18.4. The number of likely N-dealkylation sites (tertiary alicyclic amines) is 1. The lowest BCUT2D eigenvalue weighted by molar-refractivity contribution is -0.163. The summed E-state index contributed by atoms with van der Waals surface area (Å²) in [6.07, 6.45) is -4.99. The zero-order valence-corrected chi connectivity index (χ0v) is 48.8. The van der Waals surface area contributed by atoms with Crippen molar-refractivity contribution in [2.75, 3.05) is 34.3 Å². The van der Waals surface area contributed by atoms with Crippen LogP contribution in [0, 0.1) is 29.6 Å². The van der Waals surface area contributed by atoms with Gasteiger partial charge in [0.15, 0.2) is 11.9 Å². The third-order valence-electron chi connectivity index (χ3n) is 15.5. The molecule has 7 amide bonds. The monoisotopic (exact) mass is 1110 g/mol. The third-order valence-corrected chi connectivity index (χ3v) is 15.5. The maximum atomic E-state index is 15.0. The largest absolute Gasteiger partial charge is 0.497 e. The predicted octanol–water partition coefficient (Wildman–Crippen LogP) is 2.32. The van der Waals surface area contributed by atoms with Crippen LogP contribution in [0.2, 0.25) is 0 Å². The Morgan fingerprint density at radius 1 is 0.861 bits per heavy atom. The van der Waals surface area contributed by atoms with Gasteiger partial charge in [-0.1, -0.05) is 73.9 Å². The number of rotatable bonds is 15. The fourth-order valence-electron chi connectivity index (χ4n) is 10.5. The van der Waals surface area contributed by atoms with Gasteiger partial charge in [-0.25, -0.2) is 4.79 Å². The topological polar surface area (TPSA) is 288 Å². The van der Waals surface area contributed by atoms with E-state index in [1.165, 1.54) is 61.6 Å². The van der Waals surface area contributed by atoms with Crippen LogP contribution in [0.25, 0.3) is 0 Å². The standard InChI is InChI=1S/C57H89N7O15/c1-15-33(8)46-44(66)29-45(67)79-49(32(6)7)48(68)34(9)50(69)58-39(26-30(2)3)54(73)64-25-17-19-41(64)56(75)62(13)43(28-37-20-22-38(77-14)23-21-37)57(76)78-36(11)47(52(71)59-46)60-51(70)42(27-31(4)5)61(12)55(74)40-18-16-24-63(40)53(72)35(10)65/h20-23,30-36,39-44,46-47,49,65-66H,15-19,24-29H2,1-14H3,(H,58,69)(H,59,71)(H,60,70)/t33-,34-,35-,36+,39-,40-,41-,42+,43-,44-,46+,47-,49-/m0/s1. The highest BCUT2D eigenvalue weighted by Crippen LogP contribution is 2.27. The molecular weight excluding hydrogens is 1020 g/mol. The minimum Gasteiger partial charge on any atom is -0.497 e. The molecule has 0 unspecified atom stereocenters. The smallest absolute Gasteiger partial charge is 0.329 e. The first kappa shape index (κ1) is 65.4. The fraction of sp³-hybridized carbons (Fsp3) is 0.719. The summed E-state index contributed by atoms with van der Waals surface area (Å²) in [5, 5.41) is 30.2. The summed E-state index contributed by atoms with van der Waals surface area (Å²) in [6, 6.07) is -2.19. The van der Waals surface area contributed by atoms with Gasteiger partial charge in [0.2, 0.25) is 35.4 Å². The molecule has 0 aliphatic carbocycles. The van der Waals surface area contributed by atoms with E-state index >= 15 is 4.79 Å². The Morgan fingerprint density at radius 3 is 2.06 bits per heavy atom. The van der Waals surface area contributed by atoms with Crippen LogP contribution in [0.3, 0.4) is 0 Å². The van der Waals surface area contributed by atoms with Gasteiger partial charge in [-0.05, 0) is 101 Å².